The number of thioether (sulfide) groups is 1. The monoisotopic (exact) mass is 589 g/mol. The number of hydrogen-bond acceptors (Lipinski definition) is 7. The second-order valence-corrected chi connectivity index (χ2v) is 10.2. The number of thiocarbonyl (C=S) groups is 1. The van der Waals surface area contributed by atoms with Crippen LogP contribution in [0.25, 0.3) is 6.08 Å². The quantitative estimate of drug-likeness (QED) is 0.210. The van der Waals surface area contributed by atoms with Gasteiger partial charge in [0.1, 0.15) is 29.3 Å². The first kappa shape index (κ1) is 29.0. The second-order valence-electron chi connectivity index (χ2n) is 8.52. The number of benzene rings is 3. The van der Waals surface area contributed by atoms with Crippen LogP contribution in [0.2, 0.25) is 0 Å². The Kier molecular flexibility index (Phi) is 9.00. The Labute approximate surface area is 237 Å². The molecule has 1 atom stereocenters. The summed E-state index contributed by atoms with van der Waals surface area (Å²) in [5, 5.41) is 9.06. The van der Waals surface area contributed by atoms with Crippen LogP contribution in [-0.4, -0.2) is 39.1 Å². The van der Waals surface area contributed by atoms with E-state index in [1.54, 1.807) is 24.3 Å². The maximum atomic E-state index is 12.7. The standard InChI is InChI=1S/C28H22F3NO6S2/c1-17(20-5-3-2-4-6-20)37-23-13-19(14-24-26(35)32(15-25(33)34)27(39)40-24)9-12-22(23)36-16-18-7-10-21(11-8-18)38-28(29,30)31/h2-14,17H,15-16H2,1H3,(H,33,34)/t17-/m0/s1. The molecule has 0 spiro atoms. The van der Waals surface area contributed by atoms with Crippen LogP contribution in [0.15, 0.2) is 77.7 Å². The molecule has 208 valence electrons. The summed E-state index contributed by atoms with van der Waals surface area (Å²) in [5.74, 6) is -1.28. The van der Waals surface area contributed by atoms with Crippen LogP contribution in [0.5, 0.6) is 17.2 Å². The first-order chi connectivity index (χ1) is 19.0. The summed E-state index contributed by atoms with van der Waals surface area (Å²) in [6.45, 7) is 1.37. The average molecular weight is 590 g/mol. The molecule has 1 N–H and O–H groups in total. The van der Waals surface area contributed by atoms with E-state index in [2.05, 4.69) is 4.74 Å². The molecule has 40 heavy (non-hydrogen) atoms. The van der Waals surface area contributed by atoms with Crippen molar-refractivity contribution in [3.63, 3.8) is 0 Å². The van der Waals surface area contributed by atoms with Gasteiger partial charge in [-0.1, -0.05) is 72.5 Å². The van der Waals surface area contributed by atoms with E-state index in [4.69, 9.17) is 26.8 Å². The van der Waals surface area contributed by atoms with Gasteiger partial charge in [0.2, 0.25) is 0 Å². The van der Waals surface area contributed by atoms with Crippen LogP contribution in [-0.2, 0) is 16.2 Å². The fourth-order valence-corrected chi connectivity index (χ4v) is 4.93. The number of carboxylic acid groups (broad SMARTS) is 1. The zero-order chi connectivity index (χ0) is 28.9. The van der Waals surface area contributed by atoms with Crippen LogP contribution in [0.4, 0.5) is 13.2 Å². The smallest absolute Gasteiger partial charge is 0.485 e. The summed E-state index contributed by atoms with van der Waals surface area (Å²) in [5.41, 5.74) is 2.10. The van der Waals surface area contributed by atoms with Crippen LogP contribution >= 0.6 is 24.0 Å². The van der Waals surface area contributed by atoms with Gasteiger partial charge in [0.25, 0.3) is 5.91 Å². The Hall–Kier alpha value is -4.03. The van der Waals surface area contributed by atoms with Crippen LogP contribution in [0.3, 0.4) is 0 Å². The Balaban J connectivity index is 1.56. The van der Waals surface area contributed by atoms with Crippen molar-refractivity contribution >= 4 is 46.3 Å². The minimum atomic E-state index is -4.78. The van der Waals surface area contributed by atoms with Crippen molar-refractivity contribution in [1.29, 1.82) is 0 Å². The van der Waals surface area contributed by atoms with Crippen molar-refractivity contribution in [2.75, 3.05) is 6.54 Å². The third kappa shape index (κ3) is 7.76. The predicted molar refractivity (Wildman–Crippen MR) is 147 cm³/mol. The molecular weight excluding hydrogens is 567 g/mol. The molecule has 0 aromatic heterocycles. The number of carboxylic acids is 1. The Bertz CT molecular complexity index is 1430. The summed E-state index contributed by atoms with van der Waals surface area (Å²) in [4.78, 5) is 25.1. The minimum Gasteiger partial charge on any atom is -0.485 e. The largest absolute Gasteiger partial charge is 0.573 e. The van der Waals surface area contributed by atoms with Gasteiger partial charge >= 0.3 is 12.3 Å². The van der Waals surface area contributed by atoms with Gasteiger partial charge in [-0.15, -0.1) is 13.2 Å². The van der Waals surface area contributed by atoms with E-state index >= 15 is 0 Å². The van der Waals surface area contributed by atoms with E-state index in [-0.39, 0.29) is 27.7 Å². The first-order valence-corrected chi connectivity index (χ1v) is 13.0. The summed E-state index contributed by atoms with van der Waals surface area (Å²) in [7, 11) is 0. The van der Waals surface area contributed by atoms with Gasteiger partial charge < -0.3 is 19.3 Å². The number of rotatable bonds is 10. The molecular formula is C28H22F3NO6S2. The van der Waals surface area contributed by atoms with E-state index in [1.165, 1.54) is 24.3 Å². The lowest BCUT2D eigenvalue weighted by molar-refractivity contribution is -0.274. The average Bonchev–Trinajstić information content (AvgIpc) is 3.15. The van der Waals surface area contributed by atoms with Gasteiger partial charge in [0.05, 0.1) is 4.91 Å². The maximum absolute atomic E-state index is 12.7. The fraction of sp³-hybridized carbons (Fsp3) is 0.179. The van der Waals surface area contributed by atoms with Gasteiger partial charge in [-0.3, -0.25) is 14.5 Å². The highest BCUT2D eigenvalue weighted by molar-refractivity contribution is 8.26. The molecule has 1 aliphatic rings. The lowest BCUT2D eigenvalue weighted by atomic mass is 10.1. The summed E-state index contributed by atoms with van der Waals surface area (Å²) < 4.78 is 53.5. The predicted octanol–water partition coefficient (Wildman–Crippen LogP) is 6.59. The Morgan fingerprint density at radius 3 is 2.42 bits per heavy atom. The number of carbonyl (C=O) groups is 2. The van der Waals surface area contributed by atoms with E-state index in [1.807, 2.05) is 37.3 Å². The third-order valence-electron chi connectivity index (χ3n) is 5.56. The van der Waals surface area contributed by atoms with E-state index < -0.39 is 24.8 Å². The van der Waals surface area contributed by atoms with Crippen LogP contribution < -0.4 is 14.2 Å². The number of carbonyl (C=O) groups excluding carboxylic acids is 1. The van der Waals surface area contributed by atoms with Gasteiger partial charge in [-0.05, 0) is 54.0 Å². The number of hydrogen-bond donors (Lipinski definition) is 1. The topological polar surface area (TPSA) is 85.3 Å². The Morgan fingerprint density at radius 1 is 1.07 bits per heavy atom. The summed E-state index contributed by atoms with van der Waals surface area (Å²) in [6.07, 6.45) is -3.56. The van der Waals surface area contributed by atoms with Crippen molar-refractivity contribution in [3.05, 3.63) is 94.4 Å². The molecule has 0 aliphatic carbocycles. The normalized spacial score (nSPS) is 15.3. The van der Waals surface area contributed by atoms with Gasteiger partial charge in [0.15, 0.2) is 11.5 Å². The highest BCUT2D eigenvalue weighted by Gasteiger charge is 2.33. The summed E-state index contributed by atoms with van der Waals surface area (Å²) in [6, 6.07) is 19.8. The van der Waals surface area contributed by atoms with Gasteiger partial charge in [-0.2, -0.15) is 0 Å². The minimum absolute atomic E-state index is 0.0373. The molecule has 7 nitrogen and oxygen atoms in total. The molecule has 0 saturated carbocycles. The molecule has 0 radical (unpaired) electrons. The molecule has 1 aliphatic heterocycles. The van der Waals surface area contributed by atoms with Gasteiger partial charge in [-0.25, -0.2) is 0 Å². The lowest BCUT2D eigenvalue weighted by Crippen LogP contribution is -2.33. The highest BCUT2D eigenvalue weighted by atomic mass is 32.2. The van der Waals surface area contributed by atoms with Gasteiger partial charge in [0, 0.05) is 0 Å². The molecule has 4 rings (SSSR count). The molecule has 0 unspecified atom stereocenters. The van der Waals surface area contributed by atoms with E-state index in [9.17, 15) is 22.8 Å². The molecule has 1 fully saturated rings. The zero-order valence-electron chi connectivity index (χ0n) is 20.9. The summed E-state index contributed by atoms with van der Waals surface area (Å²) >= 11 is 6.16. The Morgan fingerprint density at radius 2 is 1.77 bits per heavy atom. The lowest BCUT2D eigenvalue weighted by Gasteiger charge is -2.19. The number of aliphatic carboxylic acids is 1. The van der Waals surface area contributed by atoms with Crippen molar-refractivity contribution in [1.82, 2.24) is 4.90 Å². The fourth-order valence-electron chi connectivity index (χ4n) is 3.68. The van der Waals surface area contributed by atoms with Crippen molar-refractivity contribution < 1.29 is 42.1 Å². The number of amides is 1. The third-order valence-corrected chi connectivity index (χ3v) is 6.93. The van der Waals surface area contributed by atoms with Crippen molar-refractivity contribution in [2.45, 2.75) is 26.0 Å². The number of nitrogens with zero attached hydrogens (tertiary/aromatic N) is 1. The van der Waals surface area contributed by atoms with Crippen molar-refractivity contribution in [2.24, 2.45) is 0 Å². The molecule has 0 bridgehead atoms. The molecule has 3 aromatic carbocycles. The van der Waals surface area contributed by atoms with Crippen LogP contribution in [0, 0.1) is 0 Å². The number of ether oxygens (including phenoxy) is 3. The molecule has 3 aromatic rings. The number of halogens is 3. The van der Waals surface area contributed by atoms with Crippen molar-refractivity contribution in [3.8, 4) is 17.2 Å². The highest BCUT2D eigenvalue weighted by Crippen LogP contribution is 2.37. The molecule has 1 amide bonds. The van der Waals surface area contributed by atoms with E-state index in [0.29, 0.717) is 22.6 Å². The molecule has 1 saturated heterocycles. The zero-order valence-corrected chi connectivity index (χ0v) is 22.5. The second kappa shape index (κ2) is 12.4. The van der Waals surface area contributed by atoms with Crippen LogP contribution in [0.1, 0.15) is 29.7 Å². The SMILES string of the molecule is C[C@H](Oc1cc(C=C2SC(=S)N(CC(=O)O)C2=O)ccc1OCc1ccc(OC(F)(F)F)cc1)c1ccccc1. The molecule has 12 heteroatoms. The number of alkyl halides is 3. The first-order valence-electron chi connectivity index (χ1n) is 11.8. The molecule has 1 heterocycles. The maximum Gasteiger partial charge on any atom is 0.573 e. The van der Waals surface area contributed by atoms with E-state index in [0.717, 1.165) is 22.2 Å².